The summed E-state index contributed by atoms with van der Waals surface area (Å²) in [5.41, 5.74) is 7.86. The van der Waals surface area contributed by atoms with Crippen molar-refractivity contribution in [2.45, 2.75) is 0 Å². The molecule has 0 unspecified atom stereocenters. The van der Waals surface area contributed by atoms with Gasteiger partial charge in [0.05, 0.1) is 17.3 Å². The lowest BCUT2D eigenvalue weighted by Crippen LogP contribution is -2.09. The molecule has 0 N–H and O–H groups in total. The van der Waals surface area contributed by atoms with Crippen molar-refractivity contribution in [2.24, 2.45) is 0 Å². The van der Waals surface area contributed by atoms with Gasteiger partial charge in [-0.1, -0.05) is 72.7 Å². The highest BCUT2D eigenvalue weighted by molar-refractivity contribution is 7.00. The molecule has 4 heteroatoms. The Morgan fingerprint density at radius 1 is 0.656 bits per heavy atom. The minimum Gasteiger partial charge on any atom is -0.311 e. The molecule has 32 heavy (non-hydrogen) atoms. The lowest BCUT2D eigenvalue weighted by molar-refractivity contribution is 1.28. The van der Waals surface area contributed by atoms with Crippen LogP contribution in [0.15, 0.2) is 97.1 Å². The average Bonchev–Trinajstić information content (AvgIpc) is 3.35. The maximum absolute atomic E-state index is 5.58. The zero-order chi connectivity index (χ0) is 21.8. The molecule has 0 amide bonds. The quantitative estimate of drug-likeness (QED) is 0.217. The maximum Gasteiger partial charge on any atom is 0.121 e. The summed E-state index contributed by atoms with van der Waals surface area (Å²) >= 11 is 1.18. The highest BCUT2D eigenvalue weighted by Gasteiger charge is 2.11. The Morgan fingerprint density at radius 2 is 1.25 bits per heavy atom. The van der Waals surface area contributed by atoms with Crippen LogP contribution in [-0.4, -0.2) is 8.75 Å². The molecule has 0 aliphatic carbocycles. The highest BCUT2D eigenvalue weighted by Crippen LogP contribution is 2.34. The summed E-state index contributed by atoms with van der Waals surface area (Å²) in [5.74, 6) is 2.68. The molecule has 5 rings (SSSR count). The Morgan fingerprint density at radius 3 is 1.88 bits per heavy atom. The molecular formula is C28H19N3S. The molecule has 1 aromatic heterocycles. The van der Waals surface area contributed by atoms with Crippen LogP contribution in [0.5, 0.6) is 0 Å². The third-order valence-electron chi connectivity index (χ3n) is 5.24. The fourth-order valence-electron chi connectivity index (χ4n) is 3.66. The van der Waals surface area contributed by atoms with Crippen LogP contribution in [0.25, 0.3) is 23.2 Å². The molecule has 0 spiro atoms. The van der Waals surface area contributed by atoms with E-state index < -0.39 is 0 Å². The number of hydrogen-bond donors (Lipinski definition) is 0. The van der Waals surface area contributed by atoms with Crippen molar-refractivity contribution in [1.82, 2.24) is 8.75 Å². The van der Waals surface area contributed by atoms with Gasteiger partial charge in [0.25, 0.3) is 0 Å². The summed E-state index contributed by atoms with van der Waals surface area (Å²) < 4.78 is 8.76. The zero-order valence-electron chi connectivity index (χ0n) is 17.2. The number of aromatic nitrogens is 2. The number of nitrogens with zero attached hydrogens (tertiary/aromatic N) is 3. The summed E-state index contributed by atoms with van der Waals surface area (Å²) in [6.07, 6.45) is 9.72. The van der Waals surface area contributed by atoms with Gasteiger partial charge >= 0.3 is 0 Å². The first-order chi connectivity index (χ1) is 15.8. The Labute approximate surface area is 191 Å². The predicted molar refractivity (Wildman–Crippen MR) is 135 cm³/mol. The maximum atomic E-state index is 5.58. The van der Waals surface area contributed by atoms with Gasteiger partial charge in [0.2, 0.25) is 0 Å². The zero-order valence-corrected chi connectivity index (χ0v) is 18.0. The SMILES string of the molecule is C#Cc1ccc(/C=C/c2ccc(N(c3ccccc3)c3ccccc3)cc2)c2nsnc12. The number of fused-ring (bicyclic) bond motifs is 1. The van der Waals surface area contributed by atoms with Crippen molar-refractivity contribution in [3.63, 3.8) is 0 Å². The highest BCUT2D eigenvalue weighted by atomic mass is 32.1. The monoisotopic (exact) mass is 429 g/mol. The van der Waals surface area contributed by atoms with Crippen LogP contribution in [0.3, 0.4) is 0 Å². The average molecular weight is 430 g/mol. The van der Waals surface area contributed by atoms with E-state index in [9.17, 15) is 0 Å². The topological polar surface area (TPSA) is 29.0 Å². The normalized spacial score (nSPS) is 11.0. The second-order valence-electron chi connectivity index (χ2n) is 7.24. The van der Waals surface area contributed by atoms with Crippen molar-refractivity contribution < 1.29 is 0 Å². The summed E-state index contributed by atoms with van der Waals surface area (Å²) in [6.45, 7) is 0. The van der Waals surface area contributed by atoms with Crippen LogP contribution in [0.2, 0.25) is 0 Å². The standard InChI is InChI=1S/C28H19N3S/c1-2-22-17-18-23(28-27(22)29-32-30-28)16-13-21-14-19-26(20-15-21)31(24-9-5-3-6-10-24)25-11-7-4-8-12-25/h1,3-20H/b16-13+. The van der Waals surface area contributed by atoms with Gasteiger partial charge in [-0.3, -0.25) is 0 Å². The molecule has 0 saturated heterocycles. The molecule has 1 heterocycles. The van der Waals surface area contributed by atoms with Crippen LogP contribution >= 0.6 is 11.7 Å². The second-order valence-corrected chi connectivity index (χ2v) is 7.77. The van der Waals surface area contributed by atoms with Crippen LogP contribution in [-0.2, 0) is 0 Å². The smallest absolute Gasteiger partial charge is 0.121 e. The molecule has 0 atom stereocenters. The van der Waals surface area contributed by atoms with E-state index in [1.54, 1.807) is 0 Å². The second kappa shape index (κ2) is 8.89. The van der Waals surface area contributed by atoms with Gasteiger partial charge in [0.1, 0.15) is 11.0 Å². The number of anilines is 3. The lowest BCUT2D eigenvalue weighted by atomic mass is 10.1. The van der Waals surface area contributed by atoms with Crippen LogP contribution in [0.1, 0.15) is 16.7 Å². The van der Waals surface area contributed by atoms with Gasteiger partial charge in [-0.05, 0) is 48.0 Å². The van der Waals surface area contributed by atoms with Crippen molar-refractivity contribution >= 4 is 52.0 Å². The summed E-state index contributed by atoms with van der Waals surface area (Å²) in [5, 5.41) is 0. The van der Waals surface area contributed by atoms with E-state index in [1.807, 2.05) is 24.3 Å². The number of rotatable bonds is 5. The molecule has 0 bridgehead atoms. The predicted octanol–water partition coefficient (Wildman–Crippen LogP) is 7.31. The summed E-state index contributed by atoms with van der Waals surface area (Å²) in [4.78, 5) is 2.25. The third kappa shape index (κ3) is 3.90. The fourth-order valence-corrected chi connectivity index (χ4v) is 4.24. The molecule has 5 aromatic rings. The Kier molecular flexibility index (Phi) is 5.48. The van der Waals surface area contributed by atoms with E-state index in [1.165, 1.54) is 11.7 Å². The molecule has 0 fully saturated rings. The van der Waals surface area contributed by atoms with E-state index in [4.69, 9.17) is 6.42 Å². The Bertz CT molecular complexity index is 1370. The van der Waals surface area contributed by atoms with E-state index in [0.717, 1.165) is 44.8 Å². The van der Waals surface area contributed by atoms with E-state index in [2.05, 4.69) is 105 Å². The Balaban J connectivity index is 1.46. The molecular weight excluding hydrogens is 410 g/mol. The van der Waals surface area contributed by atoms with E-state index >= 15 is 0 Å². The molecule has 0 radical (unpaired) electrons. The lowest BCUT2D eigenvalue weighted by Gasteiger charge is -2.25. The summed E-state index contributed by atoms with van der Waals surface area (Å²) in [7, 11) is 0. The summed E-state index contributed by atoms with van der Waals surface area (Å²) in [6, 6.07) is 33.2. The van der Waals surface area contributed by atoms with E-state index in [-0.39, 0.29) is 0 Å². The van der Waals surface area contributed by atoms with E-state index in [0.29, 0.717) is 0 Å². The largest absolute Gasteiger partial charge is 0.311 e. The van der Waals surface area contributed by atoms with Gasteiger partial charge in [0, 0.05) is 22.6 Å². The van der Waals surface area contributed by atoms with Crippen molar-refractivity contribution in [2.75, 3.05) is 4.90 Å². The molecule has 4 aromatic carbocycles. The minimum absolute atomic E-state index is 0.775. The van der Waals surface area contributed by atoms with Gasteiger partial charge in [-0.15, -0.1) is 6.42 Å². The number of para-hydroxylation sites is 2. The molecule has 3 nitrogen and oxygen atoms in total. The van der Waals surface area contributed by atoms with Gasteiger partial charge < -0.3 is 4.90 Å². The molecule has 0 saturated carbocycles. The molecule has 152 valence electrons. The van der Waals surface area contributed by atoms with Crippen LogP contribution in [0.4, 0.5) is 17.1 Å². The fraction of sp³-hybridized carbons (Fsp3) is 0. The number of benzene rings is 4. The number of terminal acetylenes is 1. The minimum atomic E-state index is 0.775. The number of hydrogen-bond acceptors (Lipinski definition) is 4. The first kappa shape index (κ1) is 19.7. The Hall–Kier alpha value is -4.20. The third-order valence-corrected chi connectivity index (χ3v) is 5.77. The van der Waals surface area contributed by atoms with Crippen molar-refractivity contribution in [3.8, 4) is 12.3 Å². The van der Waals surface area contributed by atoms with Crippen LogP contribution in [0, 0.1) is 12.3 Å². The van der Waals surface area contributed by atoms with Gasteiger partial charge in [-0.2, -0.15) is 8.75 Å². The van der Waals surface area contributed by atoms with Gasteiger partial charge in [0.15, 0.2) is 0 Å². The van der Waals surface area contributed by atoms with Gasteiger partial charge in [-0.25, -0.2) is 0 Å². The first-order valence-corrected chi connectivity index (χ1v) is 11.0. The van der Waals surface area contributed by atoms with Crippen molar-refractivity contribution in [3.05, 3.63) is 114 Å². The first-order valence-electron chi connectivity index (χ1n) is 10.2. The molecule has 0 aliphatic rings. The molecule has 0 aliphatic heterocycles. The van der Waals surface area contributed by atoms with Crippen molar-refractivity contribution in [1.29, 1.82) is 0 Å². The van der Waals surface area contributed by atoms with Crippen LogP contribution < -0.4 is 4.90 Å².